The normalized spacial score (nSPS) is 29.6. The molecule has 2 aliphatic rings. The summed E-state index contributed by atoms with van der Waals surface area (Å²) in [4.78, 5) is 0. The molecule has 5 heteroatoms. The number of hydrogen-bond donors (Lipinski definition) is 0. The summed E-state index contributed by atoms with van der Waals surface area (Å²) in [5, 5.41) is 39.0. The largest absolute Gasteiger partial charge is 0.196 e. The van der Waals surface area contributed by atoms with Crippen molar-refractivity contribution in [3.05, 3.63) is 11.6 Å². The molecule has 0 radical (unpaired) electrons. The zero-order valence-electron chi connectivity index (χ0n) is 13.7. The van der Waals surface area contributed by atoms with Crippen molar-refractivity contribution in [2.24, 2.45) is 28.1 Å². The lowest BCUT2D eigenvalue weighted by Crippen LogP contribution is -2.43. The molecule has 0 N–H and O–H groups in total. The lowest BCUT2D eigenvalue weighted by molar-refractivity contribution is 0.244. The van der Waals surface area contributed by atoms with E-state index in [4.69, 9.17) is 0 Å². The number of nitrogens with zero attached hydrogens (tertiary/aromatic N) is 4. The maximum absolute atomic E-state index is 9.79. The molecule has 0 heterocycles. The first-order valence-corrected chi connectivity index (χ1v) is 11.1. The van der Waals surface area contributed by atoms with Gasteiger partial charge in [0.1, 0.15) is 0 Å². The average Bonchev–Trinajstić information content (AvgIpc) is 2.76. The highest BCUT2D eigenvalue weighted by atomic mass is 28.3. The van der Waals surface area contributed by atoms with Gasteiger partial charge < -0.3 is 0 Å². The molecule has 1 saturated carbocycles. The lowest BCUT2D eigenvalue weighted by atomic mass is 9.59. The van der Waals surface area contributed by atoms with Gasteiger partial charge in [0.25, 0.3) is 0 Å². The first-order chi connectivity index (χ1) is 10.1. The van der Waals surface area contributed by atoms with E-state index in [1.165, 1.54) is 0 Å². The van der Waals surface area contributed by atoms with Gasteiger partial charge in [0.05, 0.1) is 24.3 Å². The van der Waals surface area contributed by atoms with Gasteiger partial charge in [-0.05, 0) is 11.5 Å². The van der Waals surface area contributed by atoms with Gasteiger partial charge in [-0.15, -0.1) is 0 Å². The van der Waals surface area contributed by atoms with E-state index < -0.39 is 24.3 Å². The predicted octanol–water partition coefficient (Wildman–Crippen LogP) is 3.60. The Labute approximate surface area is 133 Å². The predicted molar refractivity (Wildman–Crippen MR) is 84.3 cm³/mol. The molecule has 0 spiro atoms. The van der Waals surface area contributed by atoms with Crippen LogP contribution in [-0.2, 0) is 0 Å². The minimum absolute atomic E-state index is 0.342. The molecule has 2 atom stereocenters. The minimum atomic E-state index is -1.58. The molecule has 4 nitrogen and oxygen atoms in total. The molecule has 22 heavy (non-hydrogen) atoms. The minimum Gasteiger partial charge on any atom is -0.196 e. The van der Waals surface area contributed by atoms with Crippen LogP contribution in [0.2, 0.25) is 25.7 Å². The average molecular weight is 308 g/mol. The molecule has 0 aliphatic heterocycles. The third-order valence-corrected chi connectivity index (χ3v) is 6.73. The molecule has 1 fully saturated rings. The van der Waals surface area contributed by atoms with Crippen molar-refractivity contribution in [2.75, 3.05) is 0 Å². The molecule has 0 aromatic carbocycles. The number of nitriles is 4. The Morgan fingerprint density at radius 2 is 1.41 bits per heavy atom. The van der Waals surface area contributed by atoms with Gasteiger partial charge in [0, 0.05) is 19.9 Å². The van der Waals surface area contributed by atoms with Crippen LogP contribution in [0.4, 0.5) is 0 Å². The van der Waals surface area contributed by atoms with Crippen molar-refractivity contribution in [3.8, 4) is 24.3 Å². The van der Waals surface area contributed by atoms with E-state index in [0.29, 0.717) is 0 Å². The lowest BCUT2D eigenvalue weighted by Gasteiger charge is -2.36. The van der Waals surface area contributed by atoms with Gasteiger partial charge in [0.15, 0.2) is 10.8 Å². The molecule has 0 aromatic heterocycles. The van der Waals surface area contributed by atoms with Crippen LogP contribution < -0.4 is 0 Å². The molecule has 112 valence electrons. The van der Waals surface area contributed by atoms with Crippen LogP contribution in [0.5, 0.6) is 0 Å². The van der Waals surface area contributed by atoms with E-state index >= 15 is 0 Å². The molecular formula is C17H20N4Si. The molecule has 2 bridgehead atoms. The van der Waals surface area contributed by atoms with Crippen LogP contribution in [0, 0.1) is 73.4 Å². The van der Waals surface area contributed by atoms with E-state index in [1.54, 1.807) is 0 Å². The number of rotatable bonds is 2. The van der Waals surface area contributed by atoms with Crippen molar-refractivity contribution in [1.29, 1.82) is 21.0 Å². The molecule has 2 rings (SSSR count). The second-order valence-corrected chi connectivity index (χ2v) is 13.7. The van der Waals surface area contributed by atoms with Gasteiger partial charge in [-0.25, -0.2) is 0 Å². The number of allylic oxidation sites excluding steroid dienone is 2. The molecule has 2 aliphatic carbocycles. The third kappa shape index (κ3) is 1.64. The van der Waals surface area contributed by atoms with Gasteiger partial charge >= 0.3 is 0 Å². The smallest absolute Gasteiger partial charge is 0.182 e. The second kappa shape index (κ2) is 4.46. The van der Waals surface area contributed by atoms with E-state index in [1.807, 2.05) is 19.9 Å². The summed E-state index contributed by atoms with van der Waals surface area (Å²) < 4.78 is 0. The zero-order chi connectivity index (χ0) is 17.0. The van der Waals surface area contributed by atoms with E-state index in [0.717, 1.165) is 11.6 Å². The number of fused-ring (bicyclic) bond motifs is 2. The first-order valence-electron chi connectivity index (χ1n) is 7.42. The molecule has 0 saturated heterocycles. The van der Waals surface area contributed by atoms with Crippen molar-refractivity contribution in [1.82, 2.24) is 0 Å². The summed E-state index contributed by atoms with van der Waals surface area (Å²) in [6, 6.07) is 9.18. The summed E-state index contributed by atoms with van der Waals surface area (Å²) >= 11 is 0. The third-order valence-electron chi connectivity index (χ3n) is 5.26. The van der Waals surface area contributed by atoms with Crippen molar-refractivity contribution in [3.63, 3.8) is 0 Å². The van der Waals surface area contributed by atoms with E-state index in [2.05, 4.69) is 43.9 Å². The fraction of sp³-hybridized carbons (Fsp3) is 0.647. The Balaban J connectivity index is 2.75. The van der Waals surface area contributed by atoms with Crippen molar-refractivity contribution in [2.45, 2.75) is 39.5 Å². The topological polar surface area (TPSA) is 95.2 Å². The maximum atomic E-state index is 9.79. The molecule has 0 unspecified atom stereocenters. The highest BCUT2D eigenvalue weighted by Crippen LogP contribution is 2.73. The van der Waals surface area contributed by atoms with Crippen LogP contribution in [0.1, 0.15) is 13.8 Å². The Kier molecular flexibility index (Phi) is 3.30. The van der Waals surface area contributed by atoms with Crippen LogP contribution >= 0.6 is 0 Å². The summed E-state index contributed by atoms with van der Waals surface area (Å²) in [6.07, 6.45) is 2.03. The van der Waals surface area contributed by atoms with Gasteiger partial charge in [-0.2, -0.15) is 21.0 Å². The standard InChI is InChI=1S/C17H20N4Si/c1-15(2)13-6-12(7-22(3,4)5)14(15)17(10-20,11-21)16(13,8-18)9-19/h6,13-14H,7H2,1-5H3/t13-,14+/m0/s1. The Morgan fingerprint density at radius 3 is 1.77 bits per heavy atom. The van der Waals surface area contributed by atoms with E-state index in [-0.39, 0.29) is 11.8 Å². The second-order valence-electron chi connectivity index (χ2n) is 8.27. The highest BCUT2D eigenvalue weighted by Gasteiger charge is 2.77. The molecule has 0 aromatic rings. The summed E-state index contributed by atoms with van der Waals surface area (Å²) in [6.45, 7) is 10.7. The van der Waals surface area contributed by atoms with Crippen LogP contribution in [0.3, 0.4) is 0 Å². The summed E-state index contributed by atoms with van der Waals surface area (Å²) in [5.41, 5.74) is -2.47. The van der Waals surface area contributed by atoms with Crippen molar-refractivity contribution < 1.29 is 0 Å². The van der Waals surface area contributed by atoms with E-state index in [9.17, 15) is 21.0 Å². The Morgan fingerprint density at radius 1 is 0.955 bits per heavy atom. The van der Waals surface area contributed by atoms with Gasteiger partial charge in [-0.3, -0.25) is 0 Å². The SMILES string of the molecule is CC1(C)[C@H]2C(C[Si](C)(C)C)=C[C@@H]1C(C#N)(C#N)C2(C#N)C#N. The van der Waals surface area contributed by atoms with Gasteiger partial charge in [0.2, 0.25) is 0 Å². The Bertz CT molecular complexity index is 684. The fourth-order valence-electron chi connectivity index (χ4n) is 4.62. The zero-order valence-corrected chi connectivity index (χ0v) is 14.7. The summed E-state index contributed by atoms with van der Waals surface area (Å²) in [7, 11) is -1.43. The first kappa shape index (κ1) is 16.3. The highest BCUT2D eigenvalue weighted by molar-refractivity contribution is 6.76. The Hall–Kier alpha value is -2.08. The maximum Gasteiger partial charge on any atom is 0.182 e. The summed E-state index contributed by atoms with van der Waals surface area (Å²) in [5.74, 6) is -0.711. The van der Waals surface area contributed by atoms with Crippen LogP contribution in [0.25, 0.3) is 0 Å². The fourth-order valence-corrected chi connectivity index (χ4v) is 6.17. The van der Waals surface area contributed by atoms with Gasteiger partial charge in [-0.1, -0.05) is 45.1 Å². The van der Waals surface area contributed by atoms with Crippen LogP contribution in [-0.4, -0.2) is 8.07 Å². The number of hydrogen-bond acceptors (Lipinski definition) is 4. The molecular weight excluding hydrogens is 288 g/mol. The molecule has 0 amide bonds. The van der Waals surface area contributed by atoms with Crippen molar-refractivity contribution >= 4 is 8.07 Å². The monoisotopic (exact) mass is 308 g/mol. The quantitative estimate of drug-likeness (QED) is 0.575. The van der Waals surface area contributed by atoms with Crippen LogP contribution in [0.15, 0.2) is 11.6 Å².